The standard InChI is InChI=1S/C18H14F2N4O4S3/c1-7-22-23-18(31-7)30-6-8-5-29-16-12(15(26)24(16)13(8)17(27)28)21-14(25)10-3-2-9(19)4-11(10)20/h2-4,12,16H,5-6H2,1H3,(H,21,25)(H,27,28)/t12-,16-/m1/s1. The van der Waals surface area contributed by atoms with Crippen molar-refractivity contribution in [3.05, 3.63) is 51.7 Å². The van der Waals surface area contributed by atoms with Gasteiger partial charge < -0.3 is 10.4 Å². The second kappa shape index (κ2) is 8.55. The zero-order valence-electron chi connectivity index (χ0n) is 15.8. The molecule has 2 amide bonds. The van der Waals surface area contributed by atoms with E-state index < -0.39 is 46.4 Å². The number of fused-ring (bicyclic) bond motifs is 1. The summed E-state index contributed by atoms with van der Waals surface area (Å²) in [6, 6.07) is 1.50. The Bertz CT molecular complexity index is 1120. The van der Waals surface area contributed by atoms with E-state index in [4.69, 9.17) is 0 Å². The van der Waals surface area contributed by atoms with E-state index in [-0.39, 0.29) is 5.70 Å². The Balaban J connectivity index is 1.49. The van der Waals surface area contributed by atoms with Crippen LogP contribution >= 0.6 is 34.9 Å². The third-order valence-electron chi connectivity index (χ3n) is 4.59. The molecule has 3 heterocycles. The lowest BCUT2D eigenvalue weighted by molar-refractivity contribution is -0.148. The van der Waals surface area contributed by atoms with Gasteiger partial charge in [0.05, 0.1) is 5.56 Å². The largest absolute Gasteiger partial charge is 0.477 e. The molecule has 2 aliphatic heterocycles. The number of hydrogen-bond acceptors (Lipinski definition) is 8. The van der Waals surface area contributed by atoms with Crippen LogP contribution in [0.5, 0.6) is 0 Å². The summed E-state index contributed by atoms with van der Waals surface area (Å²) in [5.74, 6) is -3.90. The van der Waals surface area contributed by atoms with Gasteiger partial charge in [0, 0.05) is 17.6 Å². The van der Waals surface area contributed by atoms with E-state index in [2.05, 4.69) is 15.5 Å². The Morgan fingerprint density at radius 2 is 2.13 bits per heavy atom. The Morgan fingerprint density at radius 3 is 2.77 bits per heavy atom. The molecule has 1 aromatic heterocycles. The van der Waals surface area contributed by atoms with E-state index >= 15 is 0 Å². The van der Waals surface area contributed by atoms with Crippen molar-refractivity contribution in [3.8, 4) is 0 Å². The molecule has 1 aromatic carbocycles. The van der Waals surface area contributed by atoms with Crippen LogP contribution in [0.4, 0.5) is 8.78 Å². The number of thioether (sulfide) groups is 2. The second-order valence-corrected chi connectivity index (χ2v) is 10.1. The number of aromatic nitrogens is 2. The number of carbonyl (C=O) groups is 3. The summed E-state index contributed by atoms with van der Waals surface area (Å²) in [7, 11) is 0. The Kier molecular flexibility index (Phi) is 5.99. The molecular weight excluding hydrogens is 470 g/mol. The highest BCUT2D eigenvalue weighted by Crippen LogP contribution is 2.41. The lowest BCUT2D eigenvalue weighted by atomic mass is 10.0. The molecule has 2 aromatic rings. The van der Waals surface area contributed by atoms with Gasteiger partial charge in [-0.25, -0.2) is 13.6 Å². The first-order valence-corrected chi connectivity index (χ1v) is 11.7. The highest BCUT2D eigenvalue weighted by Gasteiger charge is 2.54. The van der Waals surface area contributed by atoms with Gasteiger partial charge in [-0.2, -0.15) is 0 Å². The van der Waals surface area contributed by atoms with Crippen LogP contribution in [0, 0.1) is 18.6 Å². The van der Waals surface area contributed by atoms with Crippen molar-refractivity contribution in [1.29, 1.82) is 0 Å². The van der Waals surface area contributed by atoms with Gasteiger partial charge in [0.15, 0.2) is 4.34 Å². The number of aryl methyl sites for hydroxylation is 1. The minimum absolute atomic E-state index is 0.110. The average Bonchev–Trinajstić information content (AvgIpc) is 3.14. The van der Waals surface area contributed by atoms with Crippen molar-refractivity contribution in [2.24, 2.45) is 0 Å². The predicted molar refractivity (Wildman–Crippen MR) is 111 cm³/mol. The molecule has 0 aliphatic carbocycles. The molecule has 0 unspecified atom stereocenters. The van der Waals surface area contributed by atoms with Gasteiger partial charge in [-0.05, 0) is 24.6 Å². The van der Waals surface area contributed by atoms with Gasteiger partial charge in [0.1, 0.15) is 33.8 Å². The molecule has 2 N–H and O–H groups in total. The van der Waals surface area contributed by atoms with E-state index in [1.807, 2.05) is 6.92 Å². The lowest BCUT2D eigenvalue weighted by Crippen LogP contribution is -2.70. The Hall–Kier alpha value is -2.51. The van der Waals surface area contributed by atoms with Crippen LogP contribution in [0.15, 0.2) is 33.8 Å². The highest BCUT2D eigenvalue weighted by atomic mass is 32.2. The number of nitrogens with zero attached hydrogens (tertiary/aromatic N) is 3. The summed E-state index contributed by atoms with van der Waals surface area (Å²) in [5.41, 5.74) is 0.0576. The van der Waals surface area contributed by atoms with Crippen molar-refractivity contribution in [2.45, 2.75) is 22.7 Å². The summed E-state index contributed by atoms with van der Waals surface area (Å²) in [4.78, 5) is 38.0. The third kappa shape index (κ3) is 4.16. The number of carboxylic acids is 1. The molecule has 0 radical (unpaired) electrons. The van der Waals surface area contributed by atoms with E-state index in [0.717, 1.165) is 22.0 Å². The normalized spacial score (nSPS) is 20.4. The van der Waals surface area contributed by atoms with Crippen molar-refractivity contribution in [2.75, 3.05) is 11.5 Å². The predicted octanol–water partition coefficient (Wildman–Crippen LogP) is 2.27. The van der Waals surface area contributed by atoms with Gasteiger partial charge in [-0.3, -0.25) is 14.5 Å². The SMILES string of the molecule is Cc1nnc(SCC2=C(C(=O)O)N3C(=O)[C@@H](NC(=O)c4ccc(F)cc4F)[C@H]3SC2)s1. The summed E-state index contributed by atoms with van der Waals surface area (Å²) in [6.45, 7) is 1.82. The molecule has 0 spiro atoms. The molecular formula is C18H14F2N4O4S3. The van der Waals surface area contributed by atoms with Gasteiger partial charge in [0.25, 0.3) is 11.8 Å². The molecule has 13 heteroatoms. The molecule has 2 aliphatic rings. The summed E-state index contributed by atoms with van der Waals surface area (Å²) >= 11 is 4.04. The number of carboxylic acid groups (broad SMARTS) is 1. The topological polar surface area (TPSA) is 112 Å². The molecule has 4 rings (SSSR count). The molecule has 8 nitrogen and oxygen atoms in total. The molecule has 0 bridgehead atoms. The van der Waals surface area contributed by atoms with Crippen LogP contribution < -0.4 is 5.32 Å². The number of amides is 2. The van der Waals surface area contributed by atoms with Gasteiger partial charge in [0.2, 0.25) is 0 Å². The van der Waals surface area contributed by atoms with Crippen molar-refractivity contribution >= 4 is 52.6 Å². The Labute approximate surface area is 187 Å². The smallest absolute Gasteiger partial charge is 0.352 e. The maximum atomic E-state index is 13.9. The quantitative estimate of drug-likeness (QED) is 0.474. The lowest BCUT2D eigenvalue weighted by Gasteiger charge is -2.49. The van der Waals surface area contributed by atoms with Crippen LogP contribution in [-0.4, -0.2) is 60.9 Å². The fourth-order valence-electron chi connectivity index (χ4n) is 3.17. The maximum absolute atomic E-state index is 13.9. The van der Waals surface area contributed by atoms with Gasteiger partial charge in [-0.1, -0.05) is 23.1 Å². The average molecular weight is 485 g/mol. The van der Waals surface area contributed by atoms with Crippen LogP contribution in [0.1, 0.15) is 15.4 Å². The molecule has 0 saturated carbocycles. The molecule has 1 fully saturated rings. The number of β-lactam (4-membered cyclic amide) rings is 1. The monoisotopic (exact) mass is 484 g/mol. The van der Waals surface area contributed by atoms with Crippen LogP contribution in [0.2, 0.25) is 0 Å². The number of carbonyl (C=O) groups excluding carboxylic acids is 2. The number of hydrogen-bond donors (Lipinski definition) is 2. The van der Waals surface area contributed by atoms with Crippen LogP contribution in [0.25, 0.3) is 0 Å². The summed E-state index contributed by atoms with van der Waals surface area (Å²) in [5, 5.41) is 20.2. The van der Waals surface area contributed by atoms with Crippen molar-refractivity contribution < 1.29 is 28.3 Å². The number of benzene rings is 1. The van der Waals surface area contributed by atoms with E-state index in [0.29, 0.717) is 27.5 Å². The fraction of sp³-hybridized carbons (Fsp3) is 0.278. The third-order valence-corrected chi connectivity index (χ3v) is 7.99. The Morgan fingerprint density at radius 1 is 1.35 bits per heavy atom. The van der Waals surface area contributed by atoms with E-state index in [1.54, 1.807) is 0 Å². The first kappa shape index (κ1) is 21.7. The molecule has 162 valence electrons. The van der Waals surface area contributed by atoms with Crippen LogP contribution in [-0.2, 0) is 9.59 Å². The summed E-state index contributed by atoms with van der Waals surface area (Å²) < 4.78 is 27.6. The highest BCUT2D eigenvalue weighted by molar-refractivity contribution is 8.01. The molecule has 1 saturated heterocycles. The minimum atomic E-state index is -1.24. The number of aliphatic carboxylic acids is 1. The second-order valence-electron chi connectivity index (χ2n) is 6.62. The van der Waals surface area contributed by atoms with E-state index in [1.165, 1.54) is 34.9 Å². The van der Waals surface area contributed by atoms with Gasteiger partial charge >= 0.3 is 5.97 Å². The van der Waals surface area contributed by atoms with Crippen LogP contribution in [0.3, 0.4) is 0 Å². The first-order valence-electron chi connectivity index (χ1n) is 8.85. The number of rotatable bonds is 6. The first-order chi connectivity index (χ1) is 14.8. The molecule has 2 atom stereocenters. The fourth-order valence-corrected chi connectivity index (χ4v) is 6.47. The van der Waals surface area contributed by atoms with Crippen molar-refractivity contribution in [1.82, 2.24) is 20.4 Å². The zero-order valence-corrected chi connectivity index (χ0v) is 18.2. The zero-order chi connectivity index (χ0) is 22.3. The maximum Gasteiger partial charge on any atom is 0.352 e. The van der Waals surface area contributed by atoms with Gasteiger partial charge in [-0.15, -0.1) is 22.0 Å². The number of nitrogens with one attached hydrogen (secondary N) is 1. The minimum Gasteiger partial charge on any atom is -0.477 e. The number of halogens is 2. The summed E-state index contributed by atoms with van der Waals surface area (Å²) in [6.07, 6.45) is 0. The van der Waals surface area contributed by atoms with Crippen molar-refractivity contribution in [3.63, 3.8) is 0 Å². The molecule has 31 heavy (non-hydrogen) atoms. The van der Waals surface area contributed by atoms with E-state index in [9.17, 15) is 28.3 Å².